The third kappa shape index (κ3) is 3.82. The lowest BCUT2D eigenvalue weighted by atomic mass is 10.0. The Hall–Kier alpha value is -1.42. The zero-order valence-electron chi connectivity index (χ0n) is 9.88. The predicted molar refractivity (Wildman–Crippen MR) is 64.5 cm³/mol. The molecular formula is C13H18N2O2. The highest BCUT2D eigenvalue weighted by molar-refractivity contribution is 5.66. The molecule has 1 fully saturated rings. The average molecular weight is 234 g/mol. The second kappa shape index (κ2) is 5.77. The SMILES string of the molecule is O=C(O)CCC1CCN(Cc2cccnc2)C1. The molecular weight excluding hydrogens is 216 g/mol. The molecule has 0 bridgehead atoms. The molecule has 0 aliphatic carbocycles. The molecule has 1 aliphatic rings. The fraction of sp³-hybridized carbons (Fsp3) is 0.538. The number of carboxylic acid groups (broad SMARTS) is 1. The van der Waals surface area contributed by atoms with Gasteiger partial charge in [-0.15, -0.1) is 0 Å². The van der Waals surface area contributed by atoms with Crippen LogP contribution in [0.2, 0.25) is 0 Å². The van der Waals surface area contributed by atoms with E-state index in [-0.39, 0.29) is 0 Å². The molecule has 1 aliphatic heterocycles. The van der Waals surface area contributed by atoms with Gasteiger partial charge in [0.2, 0.25) is 0 Å². The van der Waals surface area contributed by atoms with Crippen LogP contribution in [0.15, 0.2) is 24.5 Å². The van der Waals surface area contributed by atoms with Crippen LogP contribution in [-0.2, 0) is 11.3 Å². The van der Waals surface area contributed by atoms with Crippen molar-refractivity contribution in [2.24, 2.45) is 5.92 Å². The van der Waals surface area contributed by atoms with E-state index in [0.717, 1.165) is 32.5 Å². The molecule has 0 amide bonds. The molecule has 0 radical (unpaired) electrons. The van der Waals surface area contributed by atoms with Gasteiger partial charge in [-0.1, -0.05) is 6.07 Å². The number of likely N-dealkylation sites (tertiary alicyclic amines) is 1. The van der Waals surface area contributed by atoms with Gasteiger partial charge in [-0.25, -0.2) is 0 Å². The topological polar surface area (TPSA) is 53.4 Å². The Bertz CT molecular complexity index is 367. The fourth-order valence-electron chi connectivity index (χ4n) is 2.37. The Morgan fingerprint density at radius 2 is 2.47 bits per heavy atom. The lowest BCUT2D eigenvalue weighted by molar-refractivity contribution is -0.137. The number of carboxylic acids is 1. The summed E-state index contributed by atoms with van der Waals surface area (Å²) in [6.07, 6.45) is 5.89. The van der Waals surface area contributed by atoms with Gasteiger partial charge in [-0.05, 0) is 36.9 Å². The van der Waals surface area contributed by atoms with E-state index >= 15 is 0 Å². The minimum Gasteiger partial charge on any atom is -0.481 e. The van der Waals surface area contributed by atoms with Crippen LogP contribution in [0.4, 0.5) is 0 Å². The predicted octanol–water partition coefficient (Wildman–Crippen LogP) is 1.77. The summed E-state index contributed by atoms with van der Waals surface area (Å²) in [6.45, 7) is 3.01. The number of carbonyl (C=O) groups is 1. The van der Waals surface area contributed by atoms with E-state index in [2.05, 4.69) is 16.0 Å². The van der Waals surface area contributed by atoms with Gasteiger partial charge in [-0.2, -0.15) is 0 Å². The number of nitrogens with zero attached hydrogens (tertiary/aromatic N) is 2. The Balaban J connectivity index is 1.76. The summed E-state index contributed by atoms with van der Waals surface area (Å²) in [6, 6.07) is 4.03. The maximum Gasteiger partial charge on any atom is 0.303 e. The molecule has 4 nitrogen and oxygen atoms in total. The Labute approximate surface area is 101 Å². The summed E-state index contributed by atoms with van der Waals surface area (Å²) >= 11 is 0. The third-order valence-corrected chi connectivity index (χ3v) is 3.27. The number of aromatic nitrogens is 1. The van der Waals surface area contributed by atoms with Crippen LogP contribution in [0.25, 0.3) is 0 Å². The van der Waals surface area contributed by atoms with Gasteiger partial charge in [-0.3, -0.25) is 14.7 Å². The normalized spacial score (nSPS) is 20.6. The van der Waals surface area contributed by atoms with E-state index in [9.17, 15) is 4.79 Å². The van der Waals surface area contributed by atoms with E-state index in [1.165, 1.54) is 5.56 Å². The van der Waals surface area contributed by atoms with Crippen molar-refractivity contribution >= 4 is 5.97 Å². The molecule has 0 aromatic carbocycles. The monoisotopic (exact) mass is 234 g/mol. The first kappa shape index (κ1) is 12.0. The largest absolute Gasteiger partial charge is 0.481 e. The van der Waals surface area contributed by atoms with Gasteiger partial charge in [0.15, 0.2) is 0 Å². The molecule has 1 atom stereocenters. The molecule has 2 rings (SSSR count). The first-order chi connectivity index (χ1) is 8.24. The summed E-state index contributed by atoms with van der Waals surface area (Å²) in [5, 5.41) is 8.65. The van der Waals surface area contributed by atoms with Crippen molar-refractivity contribution in [1.29, 1.82) is 0 Å². The third-order valence-electron chi connectivity index (χ3n) is 3.27. The van der Waals surface area contributed by atoms with Crippen molar-refractivity contribution in [3.63, 3.8) is 0 Å². The molecule has 1 aromatic heterocycles. The van der Waals surface area contributed by atoms with E-state index in [1.54, 1.807) is 6.20 Å². The van der Waals surface area contributed by atoms with Crippen molar-refractivity contribution in [3.05, 3.63) is 30.1 Å². The Kier molecular flexibility index (Phi) is 4.09. The zero-order valence-corrected chi connectivity index (χ0v) is 9.88. The van der Waals surface area contributed by atoms with Crippen molar-refractivity contribution < 1.29 is 9.90 Å². The van der Waals surface area contributed by atoms with Crippen molar-refractivity contribution in [2.75, 3.05) is 13.1 Å². The van der Waals surface area contributed by atoms with Crippen LogP contribution in [0.5, 0.6) is 0 Å². The summed E-state index contributed by atoms with van der Waals surface area (Å²) in [7, 11) is 0. The number of pyridine rings is 1. The summed E-state index contributed by atoms with van der Waals surface area (Å²) in [4.78, 5) is 17.0. The molecule has 2 heterocycles. The molecule has 1 unspecified atom stereocenters. The van der Waals surface area contributed by atoms with Crippen LogP contribution >= 0.6 is 0 Å². The molecule has 4 heteroatoms. The number of hydrogen-bond acceptors (Lipinski definition) is 3. The lowest BCUT2D eigenvalue weighted by Gasteiger charge is -2.15. The molecule has 17 heavy (non-hydrogen) atoms. The average Bonchev–Trinajstić information content (AvgIpc) is 2.75. The quantitative estimate of drug-likeness (QED) is 0.843. The standard InChI is InChI=1S/C13H18N2O2/c16-13(17)4-3-11-5-7-15(9-11)10-12-2-1-6-14-8-12/h1-2,6,8,11H,3-5,7,9-10H2,(H,16,17). The molecule has 1 saturated heterocycles. The van der Waals surface area contributed by atoms with Gasteiger partial charge >= 0.3 is 5.97 Å². The lowest BCUT2D eigenvalue weighted by Crippen LogP contribution is -2.20. The van der Waals surface area contributed by atoms with Crippen LogP contribution in [0, 0.1) is 5.92 Å². The second-order valence-electron chi connectivity index (χ2n) is 4.68. The maximum absolute atomic E-state index is 10.5. The molecule has 0 spiro atoms. The zero-order chi connectivity index (χ0) is 12.1. The Morgan fingerprint density at radius 3 is 3.18 bits per heavy atom. The van der Waals surface area contributed by atoms with Crippen LogP contribution in [-0.4, -0.2) is 34.0 Å². The fourth-order valence-corrected chi connectivity index (χ4v) is 2.37. The highest BCUT2D eigenvalue weighted by Gasteiger charge is 2.22. The van der Waals surface area contributed by atoms with E-state index in [4.69, 9.17) is 5.11 Å². The van der Waals surface area contributed by atoms with Gasteiger partial charge in [0.25, 0.3) is 0 Å². The smallest absolute Gasteiger partial charge is 0.303 e. The summed E-state index contributed by atoms with van der Waals surface area (Å²) < 4.78 is 0. The number of aliphatic carboxylic acids is 1. The van der Waals surface area contributed by atoms with Crippen molar-refractivity contribution in [1.82, 2.24) is 9.88 Å². The first-order valence-electron chi connectivity index (χ1n) is 6.07. The van der Waals surface area contributed by atoms with Gasteiger partial charge in [0.1, 0.15) is 0 Å². The molecule has 1 N–H and O–H groups in total. The first-order valence-corrected chi connectivity index (χ1v) is 6.07. The summed E-state index contributed by atoms with van der Waals surface area (Å²) in [5.74, 6) is -0.140. The molecule has 0 saturated carbocycles. The van der Waals surface area contributed by atoms with Gasteiger partial charge < -0.3 is 5.11 Å². The Morgan fingerprint density at radius 1 is 1.59 bits per heavy atom. The van der Waals surface area contributed by atoms with Crippen LogP contribution in [0.3, 0.4) is 0 Å². The molecule has 92 valence electrons. The number of rotatable bonds is 5. The second-order valence-corrected chi connectivity index (χ2v) is 4.68. The summed E-state index contributed by atoms with van der Waals surface area (Å²) in [5.41, 5.74) is 1.23. The molecule has 1 aromatic rings. The minimum atomic E-state index is -0.685. The highest BCUT2D eigenvalue weighted by atomic mass is 16.4. The highest BCUT2D eigenvalue weighted by Crippen LogP contribution is 2.22. The van der Waals surface area contributed by atoms with Crippen LogP contribution < -0.4 is 0 Å². The van der Waals surface area contributed by atoms with E-state index in [0.29, 0.717) is 12.3 Å². The number of hydrogen-bond donors (Lipinski definition) is 1. The van der Waals surface area contributed by atoms with Crippen LogP contribution in [0.1, 0.15) is 24.8 Å². The van der Waals surface area contributed by atoms with Gasteiger partial charge in [0, 0.05) is 31.9 Å². The van der Waals surface area contributed by atoms with Gasteiger partial charge in [0.05, 0.1) is 0 Å². The minimum absolute atomic E-state index is 0.297. The van der Waals surface area contributed by atoms with E-state index in [1.807, 2.05) is 12.3 Å². The maximum atomic E-state index is 10.5. The van der Waals surface area contributed by atoms with Crippen molar-refractivity contribution in [3.8, 4) is 0 Å². The van der Waals surface area contributed by atoms with E-state index < -0.39 is 5.97 Å². The van der Waals surface area contributed by atoms with Crippen molar-refractivity contribution in [2.45, 2.75) is 25.8 Å².